The van der Waals surface area contributed by atoms with Crippen molar-refractivity contribution in [2.75, 3.05) is 33.3 Å². The SMILES string of the molecule is COc1ccc(Oc2ccc(-c3ccn(C4CCN(C5CNC5)CC4)n3)cc2)cc1. The van der Waals surface area contributed by atoms with Crippen LogP contribution in [-0.2, 0) is 0 Å². The Labute approximate surface area is 177 Å². The van der Waals surface area contributed by atoms with E-state index in [2.05, 4.69) is 39.3 Å². The molecule has 2 saturated heterocycles. The van der Waals surface area contributed by atoms with E-state index in [1.165, 1.54) is 25.9 Å². The number of piperidine rings is 1. The van der Waals surface area contributed by atoms with E-state index >= 15 is 0 Å². The van der Waals surface area contributed by atoms with Crippen LogP contribution in [0.15, 0.2) is 60.8 Å². The third kappa shape index (κ3) is 4.06. The minimum Gasteiger partial charge on any atom is -0.497 e. The average Bonchev–Trinajstić information content (AvgIpc) is 3.24. The molecule has 0 radical (unpaired) electrons. The molecule has 0 atom stereocenters. The van der Waals surface area contributed by atoms with Crippen LogP contribution in [0.3, 0.4) is 0 Å². The van der Waals surface area contributed by atoms with Gasteiger partial charge in [-0.3, -0.25) is 9.58 Å². The first-order valence-electron chi connectivity index (χ1n) is 10.7. The van der Waals surface area contributed by atoms with E-state index in [-0.39, 0.29) is 0 Å². The van der Waals surface area contributed by atoms with Crippen molar-refractivity contribution < 1.29 is 9.47 Å². The quantitative estimate of drug-likeness (QED) is 0.674. The highest BCUT2D eigenvalue weighted by atomic mass is 16.5. The van der Waals surface area contributed by atoms with Crippen molar-refractivity contribution in [3.63, 3.8) is 0 Å². The van der Waals surface area contributed by atoms with Gasteiger partial charge in [0, 0.05) is 44.0 Å². The summed E-state index contributed by atoms with van der Waals surface area (Å²) in [5.41, 5.74) is 2.12. The molecule has 0 spiro atoms. The van der Waals surface area contributed by atoms with Gasteiger partial charge in [-0.1, -0.05) is 0 Å². The summed E-state index contributed by atoms with van der Waals surface area (Å²) < 4.78 is 13.3. The molecule has 1 aromatic heterocycles. The number of methoxy groups -OCH3 is 1. The van der Waals surface area contributed by atoms with Gasteiger partial charge in [-0.15, -0.1) is 0 Å². The van der Waals surface area contributed by atoms with Crippen LogP contribution in [0, 0.1) is 0 Å². The minimum atomic E-state index is 0.501. The molecule has 6 heteroatoms. The lowest BCUT2D eigenvalue weighted by Crippen LogP contribution is -2.58. The van der Waals surface area contributed by atoms with Crippen LogP contribution < -0.4 is 14.8 Å². The van der Waals surface area contributed by atoms with Crippen LogP contribution in [0.25, 0.3) is 11.3 Å². The molecule has 0 unspecified atom stereocenters. The summed E-state index contributed by atoms with van der Waals surface area (Å²) in [5, 5.41) is 8.24. The van der Waals surface area contributed by atoms with E-state index in [0.29, 0.717) is 6.04 Å². The predicted molar refractivity (Wildman–Crippen MR) is 117 cm³/mol. The lowest BCUT2D eigenvalue weighted by molar-refractivity contribution is 0.0981. The summed E-state index contributed by atoms with van der Waals surface area (Å²) in [6.07, 6.45) is 4.47. The van der Waals surface area contributed by atoms with Crippen molar-refractivity contribution in [2.24, 2.45) is 0 Å². The van der Waals surface area contributed by atoms with Crippen LogP contribution in [0.1, 0.15) is 18.9 Å². The van der Waals surface area contributed by atoms with Gasteiger partial charge in [0.1, 0.15) is 17.2 Å². The fourth-order valence-electron chi connectivity index (χ4n) is 4.22. The Morgan fingerprint density at radius 2 is 1.47 bits per heavy atom. The van der Waals surface area contributed by atoms with Crippen molar-refractivity contribution in [3.8, 4) is 28.5 Å². The molecule has 2 fully saturated rings. The minimum absolute atomic E-state index is 0.501. The first-order valence-corrected chi connectivity index (χ1v) is 10.7. The largest absolute Gasteiger partial charge is 0.497 e. The maximum Gasteiger partial charge on any atom is 0.127 e. The zero-order chi connectivity index (χ0) is 20.3. The van der Waals surface area contributed by atoms with Crippen LogP contribution in [0.2, 0.25) is 0 Å². The summed E-state index contributed by atoms with van der Waals surface area (Å²) >= 11 is 0. The average molecular weight is 405 g/mol. The maximum atomic E-state index is 5.92. The molecule has 1 N–H and O–H groups in total. The smallest absolute Gasteiger partial charge is 0.127 e. The predicted octanol–water partition coefficient (Wildman–Crippen LogP) is 3.96. The molecule has 5 rings (SSSR count). The van der Waals surface area contributed by atoms with Crippen molar-refractivity contribution in [3.05, 3.63) is 60.8 Å². The van der Waals surface area contributed by atoms with Gasteiger partial charge in [0.25, 0.3) is 0 Å². The number of likely N-dealkylation sites (tertiary alicyclic amines) is 1. The summed E-state index contributed by atoms with van der Waals surface area (Å²) in [5.74, 6) is 2.41. The van der Waals surface area contributed by atoms with E-state index in [9.17, 15) is 0 Å². The second-order valence-corrected chi connectivity index (χ2v) is 8.06. The van der Waals surface area contributed by atoms with E-state index in [4.69, 9.17) is 14.6 Å². The number of aromatic nitrogens is 2. The van der Waals surface area contributed by atoms with Crippen LogP contribution in [-0.4, -0.2) is 54.0 Å². The molecular formula is C24H28N4O2. The van der Waals surface area contributed by atoms with E-state index in [1.54, 1.807) is 7.11 Å². The number of nitrogens with zero attached hydrogens (tertiary/aromatic N) is 3. The summed E-state index contributed by atoms with van der Waals surface area (Å²) in [6, 6.07) is 19.1. The first kappa shape index (κ1) is 19.2. The normalized spacial score (nSPS) is 18.2. The molecular weight excluding hydrogens is 376 g/mol. The lowest BCUT2D eigenvalue weighted by atomic mass is 10.0. The summed E-state index contributed by atoms with van der Waals surface area (Å²) in [6.45, 7) is 4.64. The maximum absolute atomic E-state index is 5.92. The number of nitrogens with one attached hydrogen (secondary N) is 1. The zero-order valence-corrected chi connectivity index (χ0v) is 17.3. The van der Waals surface area contributed by atoms with Gasteiger partial charge in [0.2, 0.25) is 0 Å². The highest BCUT2D eigenvalue weighted by Crippen LogP contribution is 2.28. The molecule has 156 valence electrons. The number of rotatable bonds is 6. The monoisotopic (exact) mass is 404 g/mol. The van der Waals surface area contributed by atoms with Gasteiger partial charge in [-0.05, 0) is 67.4 Å². The first-order chi connectivity index (χ1) is 14.8. The molecule has 2 aliphatic heterocycles. The van der Waals surface area contributed by atoms with Gasteiger partial charge in [-0.25, -0.2) is 0 Å². The number of hydrogen-bond acceptors (Lipinski definition) is 5. The van der Waals surface area contributed by atoms with Crippen molar-refractivity contribution in [2.45, 2.75) is 24.9 Å². The Bertz CT molecular complexity index is 956. The van der Waals surface area contributed by atoms with E-state index in [1.807, 2.05) is 36.4 Å². The van der Waals surface area contributed by atoms with Crippen LogP contribution in [0.4, 0.5) is 0 Å². The van der Waals surface area contributed by atoms with Gasteiger partial charge < -0.3 is 14.8 Å². The summed E-state index contributed by atoms with van der Waals surface area (Å²) in [4.78, 5) is 2.62. The fraction of sp³-hybridized carbons (Fsp3) is 0.375. The molecule has 3 heterocycles. The number of benzene rings is 2. The number of ether oxygens (including phenoxy) is 2. The number of hydrogen-bond donors (Lipinski definition) is 1. The molecule has 0 bridgehead atoms. The highest BCUT2D eigenvalue weighted by Gasteiger charge is 2.29. The molecule has 2 aromatic carbocycles. The third-order valence-electron chi connectivity index (χ3n) is 6.20. The second kappa shape index (κ2) is 8.50. The Balaban J connectivity index is 1.20. The molecule has 3 aromatic rings. The molecule has 0 saturated carbocycles. The zero-order valence-electron chi connectivity index (χ0n) is 17.3. The van der Waals surface area contributed by atoms with E-state index in [0.717, 1.165) is 47.6 Å². The van der Waals surface area contributed by atoms with Gasteiger partial charge in [0.05, 0.1) is 18.8 Å². The van der Waals surface area contributed by atoms with Gasteiger partial charge in [-0.2, -0.15) is 5.10 Å². The molecule has 0 amide bonds. The van der Waals surface area contributed by atoms with Gasteiger partial charge >= 0.3 is 0 Å². The van der Waals surface area contributed by atoms with E-state index < -0.39 is 0 Å². The topological polar surface area (TPSA) is 51.6 Å². The Hall–Kier alpha value is -2.83. The van der Waals surface area contributed by atoms with Crippen molar-refractivity contribution in [1.82, 2.24) is 20.0 Å². The summed E-state index contributed by atoms with van der Waals surface area (Å²) in [7, 11) is 1.66. The molecule has 30 heavy (non-hydrogen) atoms. The van der Waals surface area contributed by atoms with Crippen LogP contribution in [0.5, 0.6) is 17.2 Å². The molecule has 6 nitrogen and oxygen atoms in total. The highest BCUT2D eigenvalue weighted by molar-refractivity contribution is 5.59. The van der Waals surface area contributed by atoms with Gasteiger partial charge in [0.15, 0.2) is 0 Å². The third-order valence-corrected chi connectivity index (χ3v) is 6.20. The second-order valence-electron chi connectivity index (χ2n) is 8.06. The van der Waals surface area contributed by atoms with Crippen LogP contribution >= 0.6 is 0 Å². The molecule has 2 aliphatic rings. The lowest BCUT2D eigenvalue weighted by Gasteiger charge is -2.42. The standard InChI is InChI=1S/C24H28N4O2/c1-29-21-6-8-23(9-7-21)30-22-4-2-18(3-5-22)24-12-15-28(26-24)19-10-13-27(14-11-19)20-16-25-17-20/h2-9,12,15,19-20,25H,10-11,13-14,16-17H2,1H3. The Morgan fingerprint density at radius 1 is 0.833 bits per heavy atom. The van der Waals surface area contributed by atoms with Crippen molar-refractivity contribution in [1.29, 1.82) is 0 Å². The molecule has 0 aliphatic carbocycles. The Kier molecular flexibility index (Phi) is 5.43. The van der Waals surface area contributed by atoms with Crippen molar-refractivity contribution >= 4 is 0 Å². The Morgan fingerprint density at radius 3 is 2.07 bits per heavy atom. The fourth-order valence-corrected chi connectivity index (χ4v) is 4.22.